The second kappa shape index (κ2) is 7.54. The largest absolute Gasteiger partial charge is 0.484 e. The monoisotopic (exact) mass is 404 g/mol. The predicted molar refractivity (Wildman–Crippen MR) is 92.2 cm³/mol. The molecule has 0 aromatic heterocycles. The molecule has 2 aromatic rings. The number of carbonyl (C=O) groups excluding carboxylic acids is 1. The SMILES string of the molecule is CSc1ccc(C(=O)COc2cc(Cl)c(Br)cc2Cl)cc1. The molecule has 0 bridgehead atoms. The Morgan fingerprint density at radius 1 is 1.19 bits per heavy atom. The van der Waals surface area contributed by atoms with Crippen LogP contribution in [0.4, 0.5) is 0 Å². The Morgan fingerprint density at radius 3 is 2.48 bits per heavy atom. The molecule has 0 aliphatic carbocycles. The van der Waals surface area contributed by atoms with Gasteiger partial charge in [-0.25, -0.2) is 0 Å². The minimum Gasteiger partial charge on any atom is -0.484 e. The molecule has 0 fully saturated rings. The van der Waals surface area contributed by atoms with Crippen molar-refractivity contribution < 1.29 is 9.53 Å². The summed E-state index contributed by atoms with van der Waals surface area (Å²) < 4.78 is 6.13. The van der Waals surface area contributed by atoms with Crippen molar-refractivity contribution in [2.75, 3.05) is 12.9 Å². The van der Waals surface area contributed by atoms with Crippen LogP contribution in [0.25, 0.3) is 0 Å². The minimum absolute atomic E-state index is 0.0870. The van der Waals surface area contributed by atoms with Crippen molar-refractivity contribution in [2.24, 2.45) is 0 Å². The molecule has 0 aliphatic heterocycles. The second-order valence-corrected chi connectivity index (χ2v) is 6.69. The number of hydrogen-bond acceptors (Lipinski definition) is 3. The molecule has 0 spiro atoms. The fourth-order valence-corrected chi connectivity index (χ4v) is 2.87. The first-order valence-corrected chi connectivity index (χ1v) is 8.73. The molecule has 0 aliphatic rings. The van der Waals surface area contributed by atoms with Crippen LogP contribution in [0.5, 0.6) is 5.75 Å². The topological polar surface area (TPSA) is 26.3 Å². The molecule has 21 heavy (non-hydrogen) atoms. The van der Waals surface area contributed by atoms with Crippen molar-refractivity contribution in [2.45, 2.75) is 4.90 Å². The van der Waals surface area contributed by atoms with E-state index >= 15 is 0 Å². The normalized spacial score (nSPS) is 10.5. The summed E-state index contributed by atoms with van der Waals surface area (Å²) in [5.74, 6) is 0.275. The van der Waals surface area contributed by atoms with E-state index in [-0.39, 0.29) is 12.4 Å². The van der Waals surface area contributed by atoms with Gasteiger partial charge in [0.1, 0.15) is 5.75 Å². The number of halogens is 3. The number of rotatable bonds is 5. The maximum Gasteiger partial charge on any atom is 0.200 e. The Morgan fingerprint density at radius 2 is 1.86 bits per heavy atom. The van der Waals surface area contributed by atoms with E-state index in [1.807, 2.05) is 18.4 Å². The van der Waals surface area contributed by atoms with Crippen molar-refractivity contribution in [1.82, 2.24) is 0 Å². The summed E-state index contributed by atoms with van der Waals surface area (Å²) in [5, 5.41) is 0.878. The minimum atomic E-state index is -0.113. The zero-order valence-electron chi connectivity index (χ0n) is 11.0. The van der Waals surface area contributed by atoms with E-state index in [9.17, 15) is 4.79 Å². The van der Waals surface area contributed by atoms with Crippen LogP contribution < -0.4 is 4.74 Å². The van der Waals surface area contributed by atoms with Gasteiger partial charge < -0.3 is 4.74 Å². The predicted octanol–water partition coefficient (Wildman–Crippen LogP) is 5.74. The second-order valence-electron chi connectivity index (χ2n) is 4.14. The molecular weight excluding hydrogens is 395 g/mol. The van der Waals surface area contributed by atoms with E-state index in [4.69, 9.17) is 27.9 Å². The Kier molecular flexibility index (Phi) is 5.99. The molecule has 2 nitrogen and oxygen atoms in total. The highest BCUT2D eigenvalue weighted by Gasteiger charge is 2.11. The van der Waals surface area contributed by atoms with Crippen LogP contribution >= 0.6 is 50.9 Å². The van der Waals surface area contributed by atoms with Gasteiger partial charge in [0.15, 0.2) is 12.4 Å². The van der Waals surface area contributed by atoms with Gasteiger partial charge in [0.25, 0.3) is 0 Å². The molecule has 0 heterocycles. The Balaban J connectivity index is 2.05. The average Bonchev–Trinajstić information content (AvgIpc) is 2.49. The fraction of sp³-hybridized carbons (Fsp3) is 0.133. The maximum atomic E-state index is 12.1. The van der Waals surface area contributed by atoms with Crippen molar-refractivity contribution in [3.05, 3.63) is 56.5 Å². The molecule has 0 saturated carbocycles. The summed E-state index contributed by atoms with van der Waals surface area (Å²) in [5.41, 5.74) is 0.604. The van der Waals surface area contributed by atoms with Crippen LogP contribution in [0, 0.1) is 0 Å². The number of thioether (sulfide) groups is 1. The van der Waals surface area contributed by atoms with Crippen molar-refractivity contribution in [3.8, 4) is 5.75 Å². The lowest BCUT2D eigenvalue weighted by Crippen LogP contribution is -2.11. The summed E-state index contributed by atoms with van der Waals surface area (Å²) in [6.07, 6.45) is 1.99. The summed E-state index contributed by atoms with van der Waals surface area (Å²) in [7, 11) is 0. The number of hydrogen-bond donors (Lipinski definition) is 0. The van der Waals surface area contributed by atoms with Crippen LogP contribution in [0.1, 0.15) is 10.4 Å². The first-order chi connectivity index (χ1) is 10.0. The van der Waals surface area contributed by atoms with Crippen LogP contribution in [-0.2, 0) is 0 Å². The first-order valence-electron chi connectivity index (χ1n) is 5.96. The van der Waals surface area contributed by atoms with E-state index in [2.05, 4.69) is 15.9 Å². The van der Waals surface area contributed by atoms with Crippen molar-refractivity contribution >= 4 is 56.7 Å². The molecule has 6 heteroatoms. The number of ketones is 1. The fourth-order valence-electron chi connectivity index (χ4n) is 1.62. The third-order valence-corrected chi connectivity index (χ3v) is 4.98. The molecule has 0 amide bonds. The van der Waals surface area contributed by atoms with Gasteiger partial charge in [-0.2, -0.15) is 0 Å². The third-order valence-electron chi connectivity index (χ3n) is 2.75. The van der Waals surface area contributed by atoms with Gasteiger partial charge in [-0.1, -0.05) is 35.3 Å². The van der Waals surface area contributed by atoms with Gasteiger partial charge in [-0.15, -0.1) is 11.8 Å². The highest BCUT2D eigenvalue weighted by atomic mass is 79.9. The lowest BCUT2D eigenvalue weighted by Gasteiger charge is -2.09. The molecule has 0 atom stereocenters. The average molecular weight is 406 g/mol. The van der Waals surface area contributed by atoms with Gasteiger partial charge in [-0.3, -0.25) is 4.79 Å². The molecule has 0 unspecified atom stereocenters. The molecule has 110 valence electrons. The van der Waals surface area contributed by atoms with E-state index in [0.717, 1.165) is 4.90 Å². The van der Waals surface area contributed by atoms with Gasteiger partial charge in [0, 0.05) is 21.0 Å². The number of ether oxygens (including phenoxy) is 1. The highest BCUT2D eigenvalue weighted by Crippen LogP contribution is 2.34. The molecule has 0 radical (unpaired) electrons. The van der Waals surface area contributed by atoms with Gasteiger partial charge in [0.05, 0.1) is 10.0 Å². The quantitative estimate of drug-likeness (QED) is 0.360. The zero-order chi connectivity index (χ0) is 15.4. The molecule has 0 saturated heterocycles. The smallest absolute Gasteiger partial charge is 0.200 e. The summed E-state index contributed by atoms with van der Waals surface area (Å²) in [6.45, 7) is -0.0870. The maximum absolute atomic E-state index is 12.1. The molecule has 2 rings (SSSR count). The van der Waals surface area contributed by atoms with E-state index < -0.39 is 0 Å². The summed E-state index contributed by atoms with van der Waals surface area (Å²) >= 11 is 16.9. The van der Waals surface area contributed by atoms with Crippen molar-refractivity contribution in [1.29, 1.82) is 0 Å². The lowest BCUT2D eigenvalue weighted by molar-refractivity contribution is 0.0921. The summed E-state index contributed by atoms with van der Waals surface area (Å²) in [4.78, 5) is 13.2. The van der Waals surface area contributed by atoms with Crippen molar-refractivity contribution in [3.63, 3.8) is 0 Å². The Labute approximate surface area is 145 Å². The number of carbonyl (C=O) groups is 1. The molecular formula is C15H11BrCl2O2S. The van der Waals surface area contributed by atoms with Gasteiger partial charge >= 0.3 is 0 Å². The molecule has 0 N–H and O–H groups in total. The zero-order valence-corrected chi connectivity index (χ0v) is 14.9. The van der Waals surface area contributed by atoms with Gasteiger partial charge in [-0.05, 0) is 40.4 Å². The van der Waals surface area contributed by atoms with E-state index in [0.29, 0.717) is 25.8 Å². The van der Waals surface area contributed by atoms with Crippen LogP contribution in [0.2, 0.25) is 10.0 Å². The third kappa shape index (κ3) is 4.39. The van der Waals surface area contributed by atoms with Crippen LogP contribution in [0.3, 0.4) is 0 Å². The first kappa shape index (κ1) is 16.7. The summed E-state index contributed by atoms with van der Waals surface area (Å²) in [6, 6.07) is 10.6. The van der Waals surface area contributed by atoms with E-state index in [1.54, 1.807) is 36.0 Å². The van der Waals surface area contributed by atoms with Crippen LogP contribution in [0.15, 0.2) is 45.8 Å². The molecule has 2 aromatic carbocycles. The Bertz CT molecular complexity index is 659. The van der Waals surface area contributed by atoms with E-state index in [1.165, 1.54) is 0 Å². The van der Waals surface area contributed by atoms with Crippen LogP contribution in [-0.4, -0.2) is 18.6 Å². The Hall–Kier alpha value is -0.680. The highest BCUT2D eigenvalue weighted by molar-refractivity contribution is 9.10. The standard InChI is InChI=1S/C15H11BrCl2O2S/c1-21-10-4-2-9(3-5-10)14(19)8-20-15-7-12(17)11(16)6-13(15)18/h2-7H,8H2,1H3. The number of benzene rings is 2. The number of Topliss-reactive ketones (excluding diaryl/α,β-unsaturated/α-hetero) is 1. The van der Waals surface area contributed by atoms with Gasteiger partial charge in [0.2, 0.25) is 0 Å². The lowest BCUT2D eigenvalue weighted by atomic mass is 10.1.